The summed E-state index contributed by atoms with van der Waals surface area (Å²) in [5.41, 5.74) is 1.00. The number of halogens is 1. The zero-order valence-corrected chi connectivity index (χ0v) is 9.57. The Balaban J connectivity index is 2.45. The molecule has 1 aromatic carbocycles. The van der Waals surface area contributed by atoms with E-state index in [4.69, 9.17) is 0 Å². The third-order valence-electron chi connectivity index (χ3n) is 2.55. The molecule has 1 heterocycles. The summed E-state index contributed by atoms with van der Waals surface area (Å²) in [6.45, 7) is 3.32. The second kappa shape index (κ2) is 4.37. The molecule has 0 fully saturated rings. The summed E-state index contributed by atoms with van der Waals surface area (Å²) >= 11 is 0. The number of hydrogen-bond acceptors (Lipinski definition) is 3. The van der Waals surface area contributed by atoms with E-state index in [1.807, 2.05) is 0 Å². The zero-order chi connectivity index (χ0) is 12.4. The molecule has 0 spiro atoms. The summed E-state index contributed by atoms with van der Waals surface area (Å²) in [4.78, 5) is 17.9. The number of aromatic nitrogens is 2. The average molecular weight is 233 g/mol. The molecule has 0 aliphatic rings. The van der Waals surface area contributed by atoms with Crippen molar-refractivity contribution >= 4 is 11.6 Å². The molecule has 0 saturated heterocycles. The highest BCUT2D eigenvalue weighted by Crippen LogP contribution is 2.21. The molecular weight excluding hydrogens is 221 g/mol. The van der Waals surface area contributed by atoms with E-state index < -0.39 is 0 Å². The van der Waals surface area contributed by atoms with Crippen LogP contribution in [0.3, 0.4) is 0 Å². The minimum Gasteiger partial charge on any atom is -0.290 e. The van der Waals surface area contributed by atoms with Crippen LogP contribution in [0.5, 0.6) is 0 Å². The molecule has 0 bridgehead atoms. The van der Waals surface area contributed by atoms with Gasteiger partial charge in [-0.2, -0.15) is 0 Å². The maximum atomic E-state index is 14.0. The first-order valence-corrected chi connectivity index (χ1v) is 5.18. The van der Waals surface area contributed by atoms with Gasteiger partial charge in [-0.3, -0.25) is 9.78 Å². The van der Waals surface area contributed by atoms with Crippen molar-refractivity contribution < 1.29 is 4.48 Å². The lowest BCUT2D eigenvalue weighted by Gasteiger charge is -2.12. The minimum atomic E-state index is -0.328. The fourth-order valence-electron chi connectivity index (χ4n) is 1.40. The van der Waals surface area contributed by atoms with Crippen LogP contribution < -0.4 is 10.7 Å². The first-order chi connectivity index (χ1) is 8.09. The molecule has 0 atom stereocenters. The summed E-state index contributed by atoms with van der Waals surface area (Å²) in [6, 6.07) is 8.39. The predicted octanol–water partition coefficient (Wildman–Crippen LogP) is 2.41. The van der Waals surface area contributed by atoms with Crippen LogP contribution in [0.1, 0.15) is 11.3 Å². The number of aromatic amines is 1. The zero-order valence-electron chi connectivity index (χ0n) is 9.57. The van der Waals surface area contributed by atoms with Gasteiger partial charge in [0.15, 0.2) is 0 Å². The average Bonchev–Trinajstić information content (AvgIpc) is 2.35. The summed E-state index contributed by atoms with van der Waals surface area (Å²) in [5.74, 6) is -0.107. The van der Waals surface area contributed by atoms with Gasteiger partial charge in [0.1, 0.15) is 0 Å². The van der Waals surface area contributed by atoms with Gasteiger partial charge in [0.25, 0.3) is 5.56 Å². The van der Waals surface area contributed by atoms with Crippen molar-refractivity contribution in [3.8, 4) is 0 Å². The SMILES string of the molecule is Cc1nc(N(F)c2ccccc2)[nH]c(=O)c1C. The number of rotatable bonds is 2. The Morgan fingerprint density at radius 2 is 1.88 bits per heavy atom. The van der Waals surface area contributed by atoms with Crippen molar-refractivity contribution in [2.45, 2.75) is 13.8 Å². The second-order valence-electron chi connectivity index (χ2n) is 3.72. The van der Waals surface area contributed by atoms with E-state index >= 15 is 0 Å². The molecule has 0 unspecified atom stereocenters. The number of nitrogens with zero attached hydrogens (tertiary/aromatic N) is 2. The minimum absolute atomic E-state index is 0.107. The first-order valence-electron chi connectivity index (χ1n) is 5.18. The molecule has 0 aliphatic carbocycles. The number of benzene rings is 1. The Morgan fingerprint density at radius 1 is 1.24 bits per heavy atom. The molecule has 0 aliphatic heterocycles. The van der Waals surface area contributed by atoms with E-state index in [1.165, 1.54) is 0 Å². The maximum Gasteiger partial charge on any atom is 0.255 e. The molecule has 1 N–H and O–H groups in total. The van der Waals surface area contributed by atoms with Gasteiger partial charge in [-0.15, -0.1) is 5.12 Å². The lowest BCUT2D eigenvalue weighted by molar-refractivity contribution is 0.491. The highest BCUT2D eigenvalue weighted by Gasteiger charge is 2.12. The molecule has 5 heteroatoms. The highest BCUT2D eigenvalue weighted by molar-refractivity contribution is 5.53. The number of H-pyrrole nitrogens is 1. The fraction of sp³-hybridized carbons (Fsp3) is 0.167. The number of para-hydroxylation sites is 1. The molecule has 2 aromatic rings. The molecule has 1 aromatic heterocycles. The van der Waals surface area contributed by atoms with Gasteiger partial charge in [-0.25, -0.2) is 4.98 Å². The van der Waals surface area contributed by atoms with Crippen molar-refractivity contribution in [3.63, 3.8) is 0 Å². The molecule has 2 rings (SSSR count). The van der Waals surface area contributed by atoms with E-state index in [-0.39, 0.29) is 11.5 Å². The topological polar surface area (TPSA) is 49.0 Å². The standard InChI is InChI=1S/C12H12FN3O/c1-8-9(2)14-12(15-11(8)17)16(13)10-6-4-3-5-7-10/h3-7H,1-2H3,(H,14,15,17). The van der Waals surface area contributed by atoms with Crippen molar-refractivity contribution in [1.29, 1.82) is 0 Å². The molecule has 0 radical (unpaired) electrons. The number of nitrogens with one attached hydrogen (secondary N) is 1. The summed E-state index contributed by atoms with van der Waals surface area (Å²) in [7, 11) is 0. The van der Waals surface area contributed by atoms with Gasteiger partial charge in [-0.05, 0) is 26.0 Å². The third kappa shape index (κ3) is 2.18. The molecule has 0 amide bonds. The van der Waals surface area contributed by atoms with Crippen LogP contribution in [0, 0.1) is 13.8 Å². The van der Waals surface area contributed by atoms with Crippen molar-refractivity contribution in [2.24, 2.45) is 0 Å². The Kier molecular flexibility index (Phi) is 2.91. The van der Waals surface area contributed by atoms with Crippen LogP contribution >= 0.6 is 0 Å². The molecular formula is C12H12FN3O. The Labute approximate surface area is 97.7 Å². The highest BCUT2D eigenvalue weighted by atomic mass is 19.2. The van der Waals surface area contributed by atoms with Gasteiger partial charge in [-0.1, -0.05) is 22.7 Å². The maximum absolute atomic E-state index is 14.0. The van der Waals surface area contributed by atoms with Gasteiger partial charge in [0.05, 0.1) is 5.69 Å². The van der Waals surface area contributed by atoms with Gasteiger partial charge in [0, 0.05) is 11.3 Å². The molecule has 17 heavy (non-hydrogen) atoms. The normalized spacial score (nSPS) is 10.3. The van der Waals surface area contributed by atoms with Crippen LogP contribution in [0.2, 0.25) is 0 Å². The lowest BCUT2D eigenvalue weighted by atomic mass is 10.3. The quantitative estimate of drug-likeness (QED) is 0.810. The van der Waals surface area contributed by atoms with Gasteiger partial charge >= 0.3 is 0 Å². The summed E-state index contributed by atoms with van der Waals surface area (Å²) < 4.78 is 14.0. The summed E-state index contributed by atoms with van der Waals surface area (Å²) in [6.07, 6.45) is 0. The number of anilines is 2. The smallest absolute Gasteiger partial charge is 0.255 e. The fourth-order valence-corrected chi connectivity index (χ4v) is 1.40. The Bertz CT molecular complexity index is 580. The van der Waals surface area contributed by atoms with Crippen LogP contribution in [0.15, 0.2) is 35.1 Å². The predicted molar refractivity (Wildman–Crippen MR) is 64.0 cm³/mol. The van der Waals surface area contributed by atoms with Gasteiger partial charge in [0.2, 0.25) is 5.95 Å². The monoisotopic (exact) mass is 233 g/mol. The Hall–Kier alpha value is -2.17. The Morgan fingerprint density at radius 3 is 2.47 bits per heavy atom. The number of hydrogen-bond donors (Lipinski definition) is 1. The largest absolute Gasteiger partial charge is 0.290 e. The van der Waals surface area contributed by atoms with E-state index in [0.717, 1.165) is 0 Å². The van der Waals surface area contributed by atoms with E-state index in [2.05, 4.69) is 9.97 Å². The second-order valence-corrected chi connectivity index (χ2v) is 3.72. The third-order valence-corrected chi connectivity index (χ3v) is 2.55. The van der Waals surface area contributed by atoms with Crippen LogP contribution in [-0.2, 0) is 0 Å². The van der Waals surface area contributed by atoms with Crippen molar-refractivity contribution in [2.75, 3.05) is 5.12 Å². The molecule has 4 nitrogen and oxygen atoms in total. The lowest BCUT2D eigenvalue weighted by Crippen LogP contribution is -2.19. The van der Waals surface area contributed by atoms with E-state index in [1.54, 1.807) is 44.2 Å². The van der Waals surface area contributed by atoms with Crippen LogP contribution in [0.4, 0.5) is 16.1 Å². The molecule has 0 saturated carbocycles. The first kappa shape index (κ1) is 11.3. The summed E-state index contributed by atoms with van der Waals surface area (Å²) in [5, 5.41) is 0.355. The molecule has 88 valence electrons. The number of aryl methyl sites for hydroxylation is 1. The van der Waals surface area contributed by atoms with Crippen LogP contribution in [0.25, 0.3) is 0 Å². The van der Waals surface area contributed by atoms with Crippen molar-refractivity contribution in [3.05, 3.63) is 51.9 Å². The van der Waals surface area contributed by atoms with E-state index in [0.29, 0.717) is 22.1 Å². The van der Waals surface area contributed by atoms with Crippen molar-refractivity contribution in [1.82, 2.24) is 9.97 Å². The van der Waals surface area contributed by atoms with Gasteiger partial charge < -0.3 is 0 Å². The van der Waals surface area contributed by atoms with Crippen LogP contribution in [-0.4, -0.2) is 9.97 Å². The van der Waals surface area contributed by atoms with E-state index in [9.17, 15) is 9.28 Å².